The zero-order chi connectivity index (χ0) is 15.2. The third kappa shape index (κ3) is 3.20. The van der Waals surface area contributed by atoms with Crippen LogP contribution in [0.15, 0.2) is 24.3 Å². The number of aromatic nitrogens is 1. The lowest BCUT2D eigenvalue weighted by atomic mass is 9.89. The first-order valence-electron chi connectivity index (χ1n) is 8.61. The normalized spacial score (nSPS) is 20.0. The van der Waals surface area contributed by atoms with Crippen LogP contribution in [0.4, 0.5) is 5.82 Å². The van der Waals surface area contributed by atoms with Gasteiger partial charge < -0.3 is 33.4 Å². The summed E-state index contributed by atoms with van der Waals surface area (Å²) >= 11 is 0. The lowest BCUT2D eigenvalue weighted by Gasteiger charge is -2.40. The summed E-state index contributed by atoms with van der Waals surface area (Å²) in [7, 11) is 4.67. The molecule has 1 saturated heterocycles. The second-order valence-electron chi connectivity index (χ2n) is 7.49. The fourth-order valence-electron chi connectivity index (χ4n) is 3.94. The van der Waals surface area contributed by atoms with E-state index in [-0.39, 0.29) is 24.0 Å². The Balaban J connectivity index is 0.00000156. The minimum Gasteiger partial charge on any atom is -1.00 e. The molecule has 0 unspecified atom stereocenters. The third-order valence-corrected chi connectivity index (χ3v) is 5.44. The number of halogens is 1. The van der Waals surface area contributed by atoms with Crippen molar-refractivity contribution in [1.29, 1.82) is 0 Å². The van der Waals surface area contributed by atoms with Crippen LogP contribution in [0.3, 0.4) is 0 Å². The molecule has 1 aliphatic carbocycles. The van der Waals surface area contributed by atoms with Gasteiger partial charge in [0, 0.05) is 5.39 Å². The molecule has 1 fully saturated rings. The van der Waals surface area contributed by atoms with Crippen molar-refractivity contribution in [2.24, 2.45) is 0 Å². The first-order valence-corrected chi connectivity index (χ1v) is 8.61. The highest BCUT2D eigenvalue weighted by Gasteiger charge is 2.28. The Kier molecular flexibility index (Phi) is 4.83. The summed E-state index contributed by atoms with van der Waals surface area (Å²) < 4.78 is 1.13. The van der Waals surface area contributed by atoms with E-state index in [1.807, 2.05) is 0 Å². The number of para-hydroxylation sites is 1. The maximum Gasteiger partial charge on any atom is 0.133 e. The van der Waals surface area contributed by atoms with Gasteiger partial charge in [-0.2, -0.15) is 0 Å². The maximum atomic E-state index is 5.08. The van der Waals surface area contributed by atoms with Crippen LogP contribution in [0.1, 0.15) is 24.0 Å². The summed E-state index contributed by atoms with van der Waals surface area (Å²) in [5.74, 6) is 1.29. The Bertz CT molecular complexity index is 701. The van der Waals surface area contributed by atoms with Crippen LogP contribution >= 0.6 is 0 Å². The van der Waals surface area contributed by atoms with E-state index in [1.54, 1.807) is 5.56 Å². The molecule has 1 aromatic carbocycles. The number of piperazine rings is 1. The van der Waals surface area contributed by atoms with Gasteiger partial charge in [-0.25, -0.2) is 4.98 Å². The van der Waals surface area contributed by atoms with Crippen molar-refractivity contribution >= 4 is 16.7 Å². The highest BCUT2D eigenvalue weighted by atomic mass is 127. The van der Waals surface area contributed by atoms with Gasteiger partial charge in [-0.3, -0.25) is 0 Å². The molecule has 124 valence electrons. The van der Waals surface area contributed by atoms with E-state index in [0.29, 0.717) is 0 Å². The van der Waals surface area contributed by atoms with Crippen LogP contribution in [0, 0.1) is 0 Å². The van der Waals surface area contributed by atoms with Crippen LogP contribution in [-0.2, 0) is 12.8 Å². The number of fused-ring (bicyclic) bond motifs is 3. The number of rotatable bonds is 1. The highest BCUT2D eigenvalue weighted by molar-refractivity contribution is 5.86. The van der Waals surface area contributed by atoms with Crippen LogP contribution in [0.25, 0.3) is 10.9 Å². The van der Waals surface area contributed by atoms with Gasteiger partial charge in [-0.15, -0.1) is 0 Å². The van der Waals surface area contributed by atoms with Gasteiger partial charge in [-0.1, -0.05) is 18.2 Å². The Morgan fingerprint density at radius 2 is 1.61 bits per heavy atom. The zero-order valence-electron chi connectivity index (χ0n) is 14.2. The molecule has 1 aromatic heterocycles. The van der Waals surface area contributed by atoms with Gasteiger partial charge in [0.1, 0.15) is 5.82 Å². The lowest BCUT2D eigenvalue weighted by molar-refractivity contribution is -0.890. The van der Waals surface area contributed by atoms with E-state index in [2.05, 4.69) is 43.3 Å². The number of quaternary nitrogens is 1. The largest absolute Gasteiger partial charge is 1.00 e. The fourth-order valence-corrected chi connectivity index (χ4v) is 3.94. The smallest absolute Gasteiger partial charge is 0.133 e. The summed E-state index contributed by atoms with van der Waals surface area (Å²) in [6.45, 7) is 4.68. The van der Waals surface area contributed by atoms with Gasteiger partial charge in [0.25, 0.3) is 0 Å². The number of nitrogens with zero attached hydrogens (tertiary/aromatic N) is 3. The molecule has 4 rings (SSSR count). The second kappa shape index (κ2) is 6.55. The van der Waals surface area contributed by atoms with Crippen molar-refractivity contribution in [2.75, 3.05) is 45.2 Å². The minimum absolute atomic E-state index is 0. The number of pyridine rings is 1. The molecule has 0 radical (unpaired) electrons. The number of aryl methyl sites for hydroxylation is 1. The molecule has 0 N–H and O–H groups in total. The highest BCUT2D eigenvalue weighted by Crippen LogP contribution is 2.34. The molecule has 2 aliphatic rings. The zero-order valence-corrected chi connectivity index (χ0v) is 16.3. The van der Waals surface area contributed by atoms with Crippen molar-refractivity contribution in [2.45, 2.75) is 25.7 Å². The van der Waals surface area contributed by atoms with E-state index in [0.717, 1.165) is 17.6 Å². The topological polar surface area (TPSA) is 16.1 Å². The Hall–Kier alpha value is -0.880. The average Bonchev–Trinajstić information content (AvgIpc) is 2.54. The molecule has 0 amide bonds. The van der Waals surface area contributed by atoms with Crippen LogP contribution in [0.5, 0.6) is 0 Å². The molecular formula is C19H26IN3. The fraction of sp³-hybridized carbons (Fsp3) is 0.526. The molecule has 2 aromatic rings. The van der Waals surface area contributed by atoms with Crippen LogP contribution in [0.2, 0.25) is 0 Å². The van der Waals surface area contributed by atoms with Gasteiger partial charge >= 0.3 is 0 Å². The molecule has 0 bridgehead atoms. The number of benzene rings is 1. The number of hydrogen-bond donors (Lipinski definition) is 0. The minimum atomic E-state index is 0. The average molecular weight is 423 g/mol. The molecule has 0 atom stereocenters. The number of hydrogen-bond acceptors (Lipinski definition) is 2. The van der Waals surface area contributed by atoms with E-state index in [9.17, 15) is 0 Å². The van der Waals surface area contributed by atoms with E-state index in [1.165, 1.54) is 61.1 Å². The summed E-state index contributed by atoms with van der Waals surface area (Å²) in [5, 5.41) is 1.38. The molecule has 3 nitrogen and oxygen atoms in total. The number of likely N-dealkylation sites (N-methyl/N-ethyl adjacent to an activating group) is 1. The Labute approximate surface area is 156 Å². The van der Waals surface area contributed by atoms with Crippen molar-refractivity contribution in [3.63, 3.8) is 0 Å². The molecule has 23 heavy (non-hydrogen) atoms. The predicted molar refractivity (Wildman–Crippen MR) is 92.4 cm³/mol. The Morgan fingerprint density at radius 1 is 0.957 bits per heavy atom. The van der Waals surface area contributed by atoms with Gasteiger partial charge in [-0.05, 0) is 42.9 Å². The summed E-state index contributed by atoms with van der Waals surface area (Å²) in [4.78, 5) is 7.62. The van der Waals surface area contributed by atoms with Gasteiger partial charge in [0.15, 0.2) is 0 Å². The third-order valence-electron chi connectivity index (χ3n) is 5.44. The van der Waals surface area contributed by atoms with E-state index < -0.39 is 0 Å². The first kappa shape index (κ1) is 17.0. The lowest BCUT2D eigenvalue weighted by Crippen LogP contribution is -3.00. The molecule has 0 spiro atoms. The standard InChI is InChI=1S/C19H26N3.HI/c1-22(2)13-11-21(12-14-22)19-17-9-4-3-7-15(17)16-8-5-6-10-18(16)20-19;/h5-6,8,10H,3-4,7,9,11-14H2,1-2H3;1H/q+1;/p-1. The monoisotopic (exact) mass is 423 g/mol. The summed E-state index contributed by atoms with van der Waals surface area (Å²) in [5.41, 5.74) is 4.29. The molecule has 0 saturated carbocycles. The number of anilines is 1. The van der Waals surface area contributed by atoms with Crippen LogP contribution in [-0.4, -0.2) is 49.7 Å². The van der Waals surface area contributed by atoms with Crippen molar-refractivity contribution in [1.82, 2.24) is 4.98 Å². The van der Waals surface area contributed by atoms with Crippen LogP contribution < -0.4 is 28.9 Å². The van der Waals surface area contributed by atoms with Crippen molar-refractivity contribution < 1.29 is 28.5 Å². The Morgan fingerprint density at radius 3 is 2.35 bits per heavy atom. The first-order chi connectivity index (χ1) is 10.6. The summed E-state index contributed by atoms with van der Waals surface area (Å²) in [6.07, 6.45) is 5.07. The molecule has 2 heterocycles. The van der Waals surface area contributed by atoms with E-state index in [4.69, 9.17) is 4.98 Å². The van der Waals surface area contributed by atoms with Gasteiger partial charge in [0.05, 0.1) is 45.8 Å². The molecular weight excluding hydrogens is 397 g/mol. The van der Waals surface area contributed by atoms with Gasteiger partial charge in [0.2, 0.25) is 0 Å². The molecule has 4 heteroatoms. The maximum absolute atomic E-state index is 5.08. The van der Waals surface area contributed by atoms with Crippen molar-refractivity contribution in [3.05, 3.63) is 35.4 Å². The van der Waals surface area contributed by atoms with Crippen molar-refractivity contribution in [3.8, 4) is 0 Å². The predicted octanol–water partition coefficient (Wildman–Crippen LogP) is 0.0140. The molecule has 1 aliphatic heterocycles. The SMILES string of the molecule is C[N+]1(C)CCN(c2nc3ccccc3c3c2CCCC3)CC1.[I-]. The summed E-state index contributed by atoms with van der Waals surface area (Å²) in [6, 6.07) is 8.70. The second-order valence-corrected chi connectivity index (χ2v) is 7.49. The van der Waals surface area contributed by atoms with E-state index >= 15 is 0 Å². The quantitative estimate of drug-likeness (QED) is 0.475.